The van der Waals surface area contributed by atoms with Gasteiger partial charge in [-0.05, 0) is 50.5 Å². The molecule has 2 N–H and O–H groups in total. The molecule has 5 heteroatoms. The monoisotopic (exact) mass is 275 g/mol. The Morgan fingerprint density at radius 3 is 2.75 bits per heavy atom. The number of anilines is 1. The fraction of sp³-hybridized carbons (Fsp3) is 0.467. The normalized spacial score (nSPS) is 15.8. The fourth-order valence-electron chi connectivity index (χ4n) is 2.07. The Morgan fingerprint density at radius 2 is 2.20 bits per heavy atom. The van der Waals surface area contributed by atoms with Gasteiger partial charge in [-0.25, -0.2) is 9.78 Å². The molecule has 1 aromatic heterocycles. The topological polar surface area (TPSA) is 68.5 Å². The lowest BCUT2D eigenvalue weighted by Crippen LogP contribution is -2.39. The summed E-state index contributed by atoms with van der Waals surface area (Å²) in [4.78, 5) is 17.6. The van der Waals surface area contributed by atoms with Crippen LogP contribution in [-0.4, -0.2) is 34.7 Å². The second kappa shape index (κ2) is 5.53. The highest BCUT2D eigenvalue weighted by Gasteiger charge is 2.23. The number of pyridine rings is 1. The molecular weight excluding hydrogens is 254 g/mol. The summed E-state index contributed by atoms with van der Waals surface area (Å²) >= 11 is 0. The summed E-state index contributed by atoms with van der Waals surface area (Å²) in [6, 6.07) is 3.79. The molecule has 1 aliphatic rings. The van der Waals surface area contributed by atoms with Crippen LogP contribution in [0.25, 0.3) is 5.57 Å². The molecule has 0 radical (unpaired) electrons. The molecule has 0 aromatic carbocycles. The van der Waals surface area contributed by atoms with Crippen LogP contribution < -0.4 is 5.73 Å². The Balaban J connectivity index is 2.02. The first-order valence-electron chi connectivity index (χ1n) is 6.74. The number of nitrogens with zero attached hydrogens (tertiary/aromatic N) is 2. The predicted molar refractivity (Wildman–Crippen MR) is 79.1 cm³/mol. The van der Waals surface area contributed by atoms with Gasteiger partial charge in [0.2, 0.25) is 0 Å². The summed E-state index contributed by atoms with van der Waals surface area (Å²) in [5.74, 6) is 0.512. The number of amides is 1. The van der Waals surface area contributed by atoms with Crippen molar-refractivity contribution in [2.75, 3.05) is 18.8 Å². The minimum Gasteiger partial charge on any atom is -0.444 e. The van der Waals surface area contributed by atoms with E-state index in [0.29, 0.717) is 18.9 Å². The van der Waals surface area contributed by atoms with E-state index in [1.807, 2.05) is 39.0 Å². The molecule has 1 aliphatic heterocycles. The summed E-state index contributed by atoms with van der Waals surface area (Å²) in [5.41, 5.74) is 7.49. The number of hydrogen-bond acceptors (Lipinski definition) is 4. The van der Waals surface area contributed by atoms with Crippen LogP contribution in [0.15, 0.2) is 24.4 Å². The molecule has 2 heterocycles. The quantitative estimate of drug-likeness (QED) is 0.855. The standard InChI is InChI=1S/C15H21N3O2/c1-15(2,3)20-14(19)18-8-5-11(6-9-18)12-4-7-17-13(16)10-12/h4-5,7,10H,6,8-9H2,1-3H3,(H2,16,17). The van der Waals surface area contributed by atoms with Crippen LogP contribution in [0.4, 0.5) is 10.6 Å². The molecule has 0 atom stereocenters. The summed E-state index contributed by atoms with van der Waals surface area (Å²) in [7, 11) is 0. The molecule has 5 nitrogen and oxygen atoms in total. The first-order valence-corrected chi connectivity index (χ1v) is 6.74. The zero-order chi connectivity index (χ0) is 14.8. The second-order valence-corrected chi connectivity index (χ2v) is 5.88. The number of carbonyl (C=O) groups is 1. The molecule has 0 spiro atoms. The number of hydrogen-bond donors (Lipinski definition) is 1. The summed E-state index contributed by atoms with van der Waals surface area (Å²) in [5, 5.41) is 0. The highest BCUT2D eigenvalue weighted by atomic mass is 16.6. The maximum atomic E-state index is 12.0. The second-order valence-electron chi connectivity index (χ2n) is 5.88. The maximum absolute atomic E-state index is 12.0. The first-order chi connectivity index (χ1) is 9.35. The van der Waals surface area contributed by atoms with Crippen LogP contribution in [0.5, 0.6) is 0 Å². The van der Waals surface area contributed by atoms with Gasteiger partial charge in [-0.2, -0.15) is 0 Å². The highest BCUT2D eigenvalue weighted by molar-refractivity contribution is 5.73. The lowest BCUT2D eigenvalue weighted by Gasteiger charge is -2.29. The maximum Gasteiger partial charge on any atom is 0.410 e. The van der Waals surface area contributed by atoms with Gasteiger partial charge in [-0.15, -0.1) is 0 Å². The van der Waals surface area contributed by atoms with Crippen molar-refractivity contribution in [3.8, 4) is 0 Å². The Labute approximate surface area is 119 Å². The van der Waals surface area contributed by atoms with Crippen LogP contribution in [0.1, 0.15) is 32.8 Å². The molecule has 1 amide bonds. The average molecular weight is 275 g/mol. The molecule has 0 unspecified atom stereocenters. The lowest BCUT2D eigenvalue weighted by molar-refractivity contribution is 0.0270. The van der Waals surface area contributed by atoms with Gasteiger partial charge < -0.3 is 15.4 Å². The van der Waals surface area contributed by atoms with Gasteiger partial charge in [-0.1, -0.05) is 6.08 Å². The van der Waals surface area contributed by atoms with Crippen LogP contribution in [0, 0.1) is 0 Å². The molecule has 0 fully saturated rings. The Hall–Kier alpha value is -2.04. The van der Waals surface area contributed by atoms with E-state index in [1.54, 1.807) is 11.1 Å². The van der Waals surface area contributed by atoms with E-state index in [0.717, 1.165) is 12.0 Å². The lowest BCUT2D eigenvalue weighted by atomic mass is 10.0. The third-order valence-electron chi connectivity index (χ3n) is 3.01. The zero-order valence-corrected chi connectivity index (χ0v) is 12.2. The number of carbonyl (C=O) groups excluding carboxylic acids is 1. The van der Waals surface area contributed by atoms with Crippen LogP contribution in [0.3, 0.4) is 0 Å². The van der Waals surface area contributed by atoms with Gasteiger partial charge in [0.05, 0.1) is 0 Å². The molecule has 0 bridgehead atoms. The Kier molecular flexibility index (Phi) is 3.97. The Bertz CT molecular complexity index is 532. The first kappa shape index (κ1) is 14.4. The fourth-order valence-corrected chi connectivity index (χ4v) is 2.07. The average Bonchev–Trinajstić information content (AvgIpc) is 2.37. The van der Waals surface area contributed by atoms with E-state index in [2.05, 4.69) is 4.98 Å². The van der Waals surface area contributed by atoms with E-state index in [1.165, 1.54) is 5.57 Å². The van der Waals surface area contributed by atoms with Gasteiger partial charge in [-0.3, -0.25) is 0 Å². The van der Waals surface area contributed by atoms with Gasteiger partial charge in [0.15, 0.2) is 0 Å². The van der Waals surface area contributed by atoms with Gasteiger partial charge >= 0.3 is 6.09 Å². The molecule has 20 heavy (non-hydrogen) atoms. The molecule has 2 rings (SSSR count). The van der Waals surface area contributed by atoms with Crippen molar-refractivity contribution in [1.82, 2.24) is 9.88 Å². The highest BCUT2D eigenvalue weighted by Crippen LogP contribution is 2.23. The van der Waals surface area contributed by atoms with E-state index in [-0.39, 0.29) is 6.09 Å². The van der Waals surface area contributed by atoms with Crippen molar-refractivity contribution in [2.24, 2.45) is 0 Å². The van der Waals surface area contributed by atoms with Gasteiger partial charge in [0.1, 0.15) is 11.4 Å². The third kappa shape index (κ3) is 3.73. The number of aromatic nitrogens is 1. The molecule has 0 saturated heterocycles. The number of rotatable bonds is 1. The predicted octanol–water partition coefficient (Wildman–Crippen LogP) is 2.69. The van der Waals surface area contributed by atoms with Crippen LogP contribution in [0.2, 0.25) is 0 Å². The van der Waals surface area contributed by atoms with Crippen LogP contribution >= 0.6 is 0 Å². The molecular formula is C15H21N3O2. The molecule has 0 saturated carbocycles. The SMILES string of the molecule is CC(C)(C)OC(=O)N1CC=C(c2ccnc(N)c2)CC1. The van der Waals surface area contributed by atoms with E-state index in [9.17, 15) is 4.79 Å². The van der Waals surface area contributed by atoms with Crippen molar-refractivity contribution in [1.29, 1.82) is 0 Å². The number of ether oxygens (including phenoxy) is 1. The minimum absolute atomic E-state index is 0.262. The van der Waals surface area contributed by atoms with E-state index < -0.39 is 5.60 Å². The number of nitrogen functional groups attached to an aromatic ring is 1. The summed E-state index contributed by atoms with van der Waals surface area (Å²) in [6.45, 7) is 6.83. The van der Waals surface area contributed by atoms with E-state index >= 15 is 0 Å². The molecule has 108 valence electrons. The number of nitrogens with two attached hydrogens (primary N) is 1. The van der Waals surface area contributed by atoms with E-state index in [4.69, 9.17) is 10.5 Å². The molecule has 0 aliphatic carbocycles. The van der Waals surface area contributed by atoms with Crippen molar-refractivity contribution in [2.45, 2.75) is 32.8 Å². The van der Waals surface area contributed by atoms with Crippen LogP contribution in [-0.2, 0) is 4.74 Å². The smallest absolute Gasteiger partial charge is 0.410 e. The van der Waals surface area contributed by atoms with Gasteiger partial charge in [0, 0.05) is 19.3 Å². The minimum atomic E-state index is -0.458. The Morgan fingerprint density at radius 1 is 1.45 bits per heavy atom. The van der Waals surface area contributed by atoms with Crippen molar-refractivity contribution < 1.29 is 9.53 Å². The van der Waals surface area contributed by atoms with Gasteiger partial charge in [0.25, 0.3) is 0 Å². The zero-order valence-electron chi connectivity index (χ0n) is 12.2. The largest absolute Gasteiger partial charge is 0.444 e. The molecule has 1 aromatic rings. The van der Waals surface area contributed by atoms with Crippen molar-refractivity contribution in [3.63, 3.8) is 0 Å². The summed E-state index contributed by atoms with van der Waals surface area (Å²) in [6.07, 6.45) is 4.28. The summed E-state index contributed by atoms with van der Waals surface area (Å²) < 4.78 is 5.36. The third-order valence-corrected chi connectivity index (χ3v) is 3.01. The van der Waals surface area contributed by atoms with Crippen molar-refractivity contribution >= 4 is 17.5 Å². The van der Waals surface area contributed by atoms with Crippen molar-refractivity contribution in [3.05, 3.63) is 30.0 Å².